The molecule has 27 heavy (non-hydrogen) atoms. The van der Waals surface area contributed by atoms with Crippen molar-refractivity contribution >= 4 is 22.5 Å². The Balaban J connectivity index is 1.80. The molecule has 0 saturated carbocycles. The van der Waals surface area contributed by atoms with Crippen molar-refractivity contribution in [1.29, 1.82) is 0 Å². The van der Waals surface area contributed by atoms with Gasteiger partial charge < -0.3 is 15.4 Å². The van der Waals surface area contributed by atoms with E-state index in [9.17, 15) is 18.0 Å². The topological polar surface area (TPSA) is 79.0 Å². The average molecular weight is 378 g/mol. The molecule has 1 aromatic heterocycles. The van der Waals surface area contributed by atoms with E-state index in [1.54, 1.807) is 18.2 Å². The molecular formula is C18H17F3N4O2. The molecule has 3 rings (SSSR count). The number of benzene rings is 2. The summed E-state index contributed by atoms with van der Waals surface area (Å²) in [4.78, 5) is 11.9. The van der Waals surface area contributed by atoms with Crippen LogP contribution in [0.3, 0.4) is 0 Å². The fourth-order valence-electron chi connectivity index (χ4n) is 2.59. The van der Waals surface area contributed by atoms with E-state index in [2.05, 4.69) is 20.8 Å². The first kappa shape index (κ1) is 18.6. The number of halogens is 3. The summed E-state index contributed by atoms with van der Waals surface area (Å²) in [5.74, 6) is -0.644. The molecule has 2 aromatic carbocycles. The molecule has 6 nitrogen and oxygen atoms in total. The predicted octanol–water partition coefficient (Wildman–Crippen LogP) is 3.32. The Morgan fingerprint density at radius 2 is 2.07 bits per heavy atom. The Hall–Kier alpha value is -3.23. The Kier molecular flexibility index (Phi) is 5.49. The SMILES string of the molecule is CNC(=O)c1n[nH]c2ccc(NCc3cc(F)ccc3OCC(F)F)cc12. The molecule has 0 aliphatic heterocycles. The summed E-state index contributed by atoms with van der Waals surface area (Å²) in [6.07, 6.45) is -2.62. The van der Waals surface area contributed by atoms with Gasteiger partial charge >= 0.3 is 0 Å². The number of hydrogen-bond donors (Lipinski definition) is 3. The molecule has 1 heterocycles. The molecule has 0 unspecified atom stereocenters. The number of carbonyl (C=O) groups is 1. The molecule has 3 N–H and O–H groups in total. The van der Waals surface area contributed by atoms with Gasteiger partial charge in [-0.15, -0.1) is 0 Å². The van der Waals surface area contributed by atoms with Gasteiger partial charge in [0.15, 0.2) is 5.69 Å². The van der Waals surface area contributed by atoms with Gasteiger partial charge in [0.25, 0.3) is 12.3 Å². The number of H-pyrrole nitrogens is 1. The highest BCUT2D eigenvalue weighted by molar-refractivity contribution is 6.05. The largest absolute Gasteiger partial charge is 0.487 e. The molecule has 0 saturated heterocycles. The molecule has 9 heteroatoms. The van der Waals surface area contributed by atoms with E-state index in [1.165, 1.54) is 19.2 Å². The first-order chi connectivity index (χ1) is 13.0. The maximum atomic E-state index is 13.5. The van der Waals surface area contributed by atoms with Crippen LogP contribution in [0.25, 0.3) is 10.9 Å². The number of hydrogen-bond acceptors (Lipinski definition) is 4. The minimum absolute atomic E-state index is 0.148. The third-order valence-electron chi connectivity index (χ3n) is 3.88. The molecule has 0 aliphatic carbocycles. The number of nitrogens with zero attached hydrogens (tertiary/aromatic N) is 1. The summed E-state index contributed by atoms with van der Waals surface area (Å²) in [5.41, 5.74) is 1.99. The Morgan fingerprint density at radius 1 is 1.26 bits per heavy atom. The van der Waals surface area contributed by atoms with Gasteiger partial charge in [-0.2, -0.15) is 5.10 Å². The van der Waals surface area contributed by atoms with Gasteiger partial charge in [0.2, 0.25) is 0 Å². The van der Waals surface area contributed by atoms with Gasteiger partial charge in [-0.1, -0.05) is 0 Å². The zero-order chi connectivity index (χ0) is 19.4. The van der Waals surface area contributed by atoms with E-state index < -0.39 is 18.8 Å². The Morgan fingerprint density at radius 3 is 2.81 bits per heavy atom. The van der Waals surface area contributed by atoms with Crippen molar-refractivity contribution in [3.05, 3.63) is 53.5 Å². The van der Waals surface area contributed by atoms with Crippen LogP contribution in [0, 0.1) is 5.82 Å². The average Bonchev–Trinajstić information content (AvgIpc) is 3.08. The normalized spacial score (nSPS) is 11.0. The zero-order valence-corrected chi connectivity index (χ0v) is 14.4. The summed E-state index contributed by atoms with van der Waals surface area (Å²) in [6.45, 7) is -0.621. The Bertz CT molecular complexity index is 959. The van der Waals surface area contributed by atoms with E-state index in [4.69, 9.17) is 4.74 Å². The Labute approximate surface area is 152 Å². The van der Waals surface area contributed by atoms with Crippen LogP contribution in [0.1, 0.15) is 16.1 Å². The lowest BCUT2D eigenvalue weighted by Gasteiger charge is -2.13. The molecule has 3 aromatic rings. The van der Waals surface area contributed by atoms with Gasteiger partial charge in [0, 0.05) is 30.2 Å². The number of aromatic nitrogens is 2. The zero-order valence-electron chi connectivity index (χ0n) is 14.4. The highest BCUT2D eigenvalue weighted by Gasteiger charge is 2.13. The maximum absolute atomic E-state index is 13.5. The lowest BCUT2D eigenvalue weighted by atomic mass is 10.1. The van der Waals surface area contributed by atoms with Crippen LogP contribution in [0.15, 0.2) is 36.4 Å². The molecule has 0 fully saturated rings. The van der Waals surface area contributed by atoms with E-state index in [0.717, 1.165) is 6.07 Å². The number of ether oxygens (including phenoxy) is 1. The van der Waals surface area contributed by atoms with Gasteiger partial charge in [0.05, 0.1) is 5.52 Å². The molecule has 0 spiro atoms. The van der Waals surface area contributed by atoms with Gasteiger partial charge in [-0.25, -0.2) is 13.2 Å². The van der Waals surface area contributed by atoms with E-state index in [1.807, 2.05) is 0 Å². The fourth-order valence-corrected chi connectivity index (χ4v) is 2.59. The van der Waals surface area contributed by atoms with Crippen LogP contribution in [0.2, 0.25) is 0 Å². The van der Waals surface area contributed by atoms with E-state index in [-0.39, 0.29) is 23.9 Å². The van der Waals surface area contributed by atoms with Gasteiger partial charge in [-0.05, 0) is 36.4 Å². The van der Waals surface area contributed by atoms with Crippen LogP contribution < -0.4 is 15.4 Å². The van der Waals surface area contributed by atoms with Crippen molar-refractivity contribution in [3.8, 4) is 5.75 Å². The minimum atomic E-state index is -2.62. The van der Waals surface area contributed by atoms with E-state index >= 15 is 0 Å². The van der Waals surface area contributed by atoms with Crippen molar-refractivity contribution in [2.45, 2.75) is 13.0 Å². The number of amides is 1. The number of nitrogens with one attached hydrogen (secondary N) is 3. The summed E-state index contributed by atoms with van der Waals surface area (Å²) in [6, 6.07) is 8.92. The third-order valence-corrected chi connectivity index (χ3v) is 3.88. The van der Waals surface area contributed by atoms with Crippen molar-refractivity contribution in [1.82, 2.24) is 15.5 Å². The molecular weight excluding hydrogens is 361 g/mol. The second-order valence-electron chi connectivity index (χ2n) is 5.72. The van der Waals surface area contributed by atoms with Crippen LogP contribution in [0.5, 0.6) is 5.75 Å². The highest BCUT2D eigenvalue weighted by Crippen LogP contribution is 2.24. The van der Waals surface area contributed by atoms with Gasteiger partial charge in [-0.3, -0.25) is 9.89 Å². The van der Waals surface area contributed by atoms with Crippen molar-refractivity contribution in [2.24, 2.45) is 0 Å². The number of aromatic amines is 1. The molecule has 0 radical (unpaired) electrons. The quantitative estimate of drug-likeness (QED) is 0.589. The molecule has 0 bridgehead atoms. The smallest absolute Gasteiger partial charge is 0.272 e. The predicted molar refractivity (Wildman–Crippen MR) is 94.7 cm³/mol. The second-order valence-corrected chi connectivity index (χ2v) is 5.72. The summed E-state index contributed by atoms with van der Waals surface area (Å²) < 4.78 is 43.3. The summed E-state index contributed by atoms with van der Waals surface area (Å²) in [5, 5.41) is 13.0. The number of rotatable bonds is 7. The highest BCUT2D eigenvalue weighted by atomic mass is 19.3. The molecule has 0 aliphatic rings. The third kappa shape index (κ3) is 4.30. The number of carbonyl (C=O) groups excluding carboxylic acids is 1. The molecule has 1 amide bonds. The van der Waals surface area contributed by atoms with Crippen molar-refractivity contribution < 1.29 is 22.7 Å². The monoisotopic (exact) mass is 378 g/mol. The number of anilines is 1. The molecule has 142 valence electrons. The van der Waals surface area contributed by atoms with Crippen LogP contribution >= 0.6 is 0 Å². The number of alkyl halides is 2. The van der Waals surface area contributed by atoms with Crippen LogP contribution in [-0.2, 0) is 6.54 Å². The van der Waals surface area contributed by atoms with E-state index in [0.29, 0.717) is 22.2 Å². The van der Waals surface area contributed by atoms with Gasteiger partial charge in [0.1, 0.15) is 18.2 Å². The second kappa shape index (κ2) is 7.98. The fraction of sp³-hybridized carbons (Fsp3) is 0.222. The lowest BCUT2D eigenvalue weighted by molar-refractivity contribution is 0.0814. The molecule has 0 atom stereocenters. The van der Waals surface area contributed by atoms with Crippen LogP contribution in [0.4, 0.5) is 18.9 Å². The standard InChI is InChI=1S/C18H17F3N4O2/c1-22-18(26)17-13-7-12(3-4-14(13)24-25-17)23-8-10-6-11(19)2-5-15(10)27-9-16(20)21/h2-7,16,23H,8-9H2,1H3,(H,22,26)(H,24,25). The summed E-state index contributed by atoms with van der Waals surface area (Å²) in [7, 11) is 1.51. The van der Waals surface area contributed by atoms with Crippen molar-refractivity contribution in [3.63, 3.8) is 0 Å². The van der Waals surface area contributed by atoms with Crippen molar-refractivity contribution in [2.75, 3.05) is 19.0 Å². The first-order valence-corrected chi connectivity index (χ1v) is 8.11. The number of fused-ring (bicyclic) bond motifs is 1. The summed E-state index contributed by atoms with van der Waals surface area (Å²) >= 11 is 0. The lowest BCUT2D eigenvalue weighted by Crippen LogP contribution is -2.18. The maximum Gasteiger partial charge on any atom is 0.272 e. The van der Waals surface area contributed by atoms with Crippen LogP contribution in [-0.4, -0.2) is 36.2 Å². The minimum Gasteiger partial charge on any atom is -0.487 e. The first-order valence-electron chi connectivity index (χ1n) is 8.11.